The number of halogens is 1. The Labute approximate surface area is 95.4 Å². The van der Waals surface area contributed by atoms with Crippen molar-refractivity contribution < 1.29 is 19.6 Å². The predicted octanol–water partition coefficient (Wildman–Crippen LogP) is 0.207. The Morgan fingerprint density at radius 2 is 2.40 bits per heavy atom. The minimum absolute atomic E-state index is 0.0236. The molecule has 0 bridgehead atoms. The van der Waals surface area contributed by atoms with E-state index in [1.807, 2.05) is 0 Å². The van der Waals surface area contributed by atoms with Crippen molar-refractivity contribution in [2.24, 2.45) is 0 Å². The van der Waals surface area contributed by atoms with Gasteiger partial charge in [-0.3, -0.25) is 10.1 Å². The van der Waals surface area contributed by atoms with Crippen LogP contribution in [0, 0.1) is 10.1 Å². The fourth-order valence-electron chi connectivity index (χ4n) is 1.23. The number of hydroxylamine groups is 2. The summed E-state index contributed by atoms with van der Waals surface area (Å²) in [6.07, 6.45) is 1.40. The lowest BCUT2D eigenvalue weighted by Gasteiger charge is -2.18. The Morgan fingerprint density at radius 3 is 2.87 bits per heavy atom. The molecule has 0 amide bonds. The Hall–Kier alpha value is -0.920. The number of ether oxygens (including phenoxy) is 1. The van der Waals surface area contributed by atoms with Gasteiger partial charge in [-0.2, -0.15) is 0 Å². The first-order valence-electron chi connectivity index (χ1n) is 4.37. The molecule has 0 spiro atoms. The lowest BCUT2D eigenvalue weighted by molar-refractivity contribution is -1.05. The molecule has 0 fully saturated rings. The first-order chi connectivity index (χ1) is 7.10. The van der Waals surface area contributed by atoms with Crippen LogP contribution in [0.5, 0.6) is 0 Å². The van der Waals surface area contributed by atoms with E-state index in [9.17, 15) is 10.1 Å². The van der Waals surface area contributed by atoms with E-state index >= 15 is 0 Å². The highest BCUT2D eigenvalue weighted by Crippen LogP contribution is 2.15. The van der Waals surface area contributed by atoms with Crippen molar-refractivity contribution in [1.82, 2.24) is 0 Å². The molecule has 15 heavy (non-hydrogen) atoms. The summed E-state index contributed by atoms with van der Waals surface area (Å²) in [5.41, 5.74) is -0.0236. The third kappa shape index (κ3) is 2.77. The van der Waals surface area contributed by atoms with Gasteiger partial charge in [0, 0.05) is 15.9 Å². The maximum Gasteiger partial charge on any atom is 0.319 e. The number of hydrogen-bond donors (Lipinski definition) is 1. The van der Waals surface area contributed by atoms with Crippen LogP contribution < -0.4 is 5.06 Å². The summed E-state index contributed by atoms with van der Waals surface area (Å²) in [7, 11) is 1.52. The van der Waals surface area contributed by atoms with Crippen LogP contribution in [-0.4, -0.2) is 25.2 Å². The van der Waals surface area contributed by atoms with E-state index in [0.717, 1.165) is 0 Å². The van der Waals surface area contributed by atoms with Crippen LogP contribution in [0.1, 0.15) is 6.92 Å². The molecule has 1 aliphatic heterocycles. The maximum atomic E-state index is 10.7. The van der Waals surface area contributed by atoms with Gasteiger partial charge >= 0.3 is 5.70 Å². The van der Waals surface area contributed by atoms with E-state index in [1.165, 1.54) is 13.2 Å². The summed E-state index contributed by atoms with van der Waals surface area (Å²) in [6, 6.07) is 0. The van der Waals surface area contributed by atoms with Crippen molar-refractivity contribution in [1.29, 1.82) is 0 Å². The summed E-state index contributed by atoms with van der Waals surface area (Å²) in [5, 5.41) is 11.4. The van der Waals surface area contributed by atoms with E-state index in [4.69, 9.17) is 9.57 Å². The van der Waals surface area contributed by atoms with Gasteiger partial charge in [0.05, 0.1) is 24.7 Å². The van der Waals surface area contributed by atoms with Crippen molar-refractivity contribution in [3.8, 4) is 0 Å². The lowest BCUT2D eigenvalue weighted by atomic mass is 10.3. The third-order valence-electron chi connectivity index (χ3n) is 1.90. The molecular formula is C8H12BrN2O4+. The molecule has 0 aromatic rings. The minimum Gasteiger partial charge on any atom is -0.487 e. The number of allylic oxidation sites excluding steroid dienone is 1. The molecule has 1 N–H and O–H groups in total. The van der Waals surface area contributed by atoms with Gasteiger partial charge in [-0.05, 0) is 6.92 Å². The van der Waals surface area contributed by atoms with Gasteiger partial charge in [0.1, 0.15) is 0 Å². The fraction of sp³-hybridized carbons (Fsp3) is 0.500. The quantitative estimate of drug-likeness (QED) is 0.454. The van der Waals surface area contributed by atoms with Gasteiger partial charge in [-0.25, -0.2) is 4.84 Å². The molecule has 1 unspecified atom stereocenters. The molecule has 6 nitrogen and oxygen atoms in total. The molecule has 1 heterocycles. The average molecular weight is 280 g/mol. The van der Waals surface area contributed by atoms with Crippen molar-refractivity contribution in [2.45, 2.75) is 6.92 Å². The van der Waals surface area contributed by atoms with Gasteiger partial charge < -0.3 is 4.74 Å². The van der Waals surface area contributed by atoms with Crippen LogP contribution in [0.15, 0.2) is 22.1 Å². The predicted molar refractivity (Wildman–Crippen MR) is 55.5 cm³/mol. The van der Waals surface area contributed by atoms with E-state index in [0.29, 0.717) is 28.6 Å². The van der Waals surface area contributed by atoms with Crippen molar-refractivity contribution >= 4 is 15.9 Å². The first kappa shape index (κ1) is 12.2. The van der Waals surface area contributed by atoms with E-state index in [1.54, 1.807) is 6.92 Å². The number of hydrogen-bond acceptors (Lipinski definition) is 4. The number of rotatable bonds is 4. The Bertz CT molecular complexity index is 327. The monoisotopic (exact) mass is 279 g/mol. The van der Waals surface area contributed by atoms with Gasteiger partial charge in [-0.15, -0.1) is 5.06 Å². The largest absolute Gasteiger partial charge is 0.487 e. The molecule has 1 rings (SSSR count). The smallest absolute Gasteiger partial charge is 0.319 e. The van der Waals surface area contributed by atoms with Crippen LogP contribution in [0.25, 0.3) is 0 Å². The van der Waals surface area contributed by atoms with Gasteiger partial charge in [0.2, 0.25) is 10.4 Å². The first-order valence-corrected chi connectivity index (χ1v) is 5.17. The molecule has 0 saturated heterocycles. The zero-order valence-corrected chi connectivity index (χ0v) is 10.0. The molecule has 0 radical (unpaired) electrons. The molecule has 0 aromatic carbocycles. The van der Waals surface area contributed by atoms with Crippen LogP contribution in [0.3, 0.4) is 0 Å². The van der Waals surface area contributed by atoms with E-state index in [2.05, 4.69) is 15.9 Å². The summed E-state index contributed by atoms with van der Waals surface area (Å²) >= 11 is 3.21. The highest BCUT2D eigenvalue weighted by molar-refractivity contribution is 9.11. The SMILES string of the molecule is CCOC1=C([N+](=O)[O-])C=C(Br)[NH+](OC)C1. The number of nitro groups is 1. The second-order valence-electron chi connectivity index (χ2n) is 2.79. The highest BCUT2D eigenvalue weighted by atomic mass is 79.9. The molecule has 0 aliphatic carbocycles. The zero-order chi connectivity index (χ0) is 11.4. The summed E-state index contributed by atoms with van der Waals surface area (Å²) in [5.74, 6) is 0.336. The number of quaternary nitrogens is 1. The minimum atomic E-state index is -0.460. The molecular weight excluding hydrogens is 268 g/mol. The van der Waals surface area contributed by atoms with Crippen LogP contribution >= 0.6 is 15.9 Å². The van der Waals surface area contributed by atoms with Crippen LogP contribution in [0.4, 0.5) is 0 Å². The third-order valence-corrected chi connectivity index (χ3v) is 2.57. The molecule has 0 saturated carbocycles. The summed E-state index contributed by atoms with van der Waals surface area (Å²) < 4.78 is 5.79. The van der Waals surface area contributed by atoms with Crippen LogP contribution in [0.2, 0.25) is 0 Å². The lowest BCUT2D eigenvalue weighted by Crippen LogP contribution is -3.08. The van der Waals surface area contributed by atoms with Gasteiger partial charge in [0.15, 0.2) is 6.54 Å². The number of nitrogens with one attached hydrogen (secondary N) is 1. The number of nitrogens with zero attached hydrogens (tertiary/aromatic N) is 1. The van der Waals surface area contributed by atoms with Crippen molar-refractivity contribution in [2.75, 3.05) is 20.3 Å². The van der Waals surface area contributed by atoms with E-state index in [-0.39, 0.29) is 5.70 Å². The standard InChI is InChI=1S/C8H11BrN2O4/c1-3-15-7-5-10(14-2)8(9)4-6(7)11(12)13/h4H,3,5H2,1-2H3/p+1. The zero-order valence-electron chi connectivity index (χ0n) is 8.45. The molecule has 1 aliphatic rings. The Kier molecular flexibility index (Phi) is 4.25. The van der Waals surface area contributed by atoms with Crippen molar-refractivity contribution in [3.05, 3.63) is 32.3 Å². The average Bonchev–Trinajstić information content (AvgIpc) is 2.20. The van der Waals surface area contributed by atoms with Crippen molar-refractivity contribution in [3.63, 3.8) is 0 Å². The maximum absolute atomic E-state index is 10.7. The normalized spacial score (nSPS) is 21.3. The second kappa shape index (κ2) is 5.24. The Balaban J connectivity index is 3.00. The molecule has 0 aromatic heterocycles. The fourth-order valence-corrected chi connectivity index (χ4v) is 1.74. The molecule has 7 heteroatoms. The molecule has 1 atom stereocenters. The van der Waals surface area contributed by atoms with Crippen LogP contribution in [-0.2, 0) is 9.57 Å². The van der Waals surface area contributed by atoms with Gasteiger partial charge in [0.25, 0.3) is 0 Å². The Morgan fingerprint density at radius 1 is 1.73 bits per heavy atom. The highest BCUT2D eigenvalue weighted by Gasteiger charge is 2.31. The summed E-state index contributed by atoms with van der Waals surface area (Å²) in [4.78, 5) is 15.3. The molecule has 84 valence electrons. The van der Waals surface area contributed by atoms with E-state index < -0.39 is 4.92 Å². The second-order valence-corrected chi connectivity index (χ2v) is 3.65. The topological polar surface area (TPSA) is 66.0 Å². The van der Waals surface area contributed by atoms with Gasteiger partial charge in [-0.1, -0.05) is 0 Å². The summed E-state index contributed by atoms with van der Waals surface area (Å²) in [6.45, 7) is 2.48.